The molecule has 1 fully saturated rings. The van der Waals surface area contributed by atoms with Crippen LogP contribution in [0.1, 0.15) is 23.8 Å². The van der Waals surface area contributed by atoms with E-state index in [9.17, 15) is 9.59 Å². The zero-order valence-electron chi connectivity index (χ0n) is 15.8. The van der Waals surface area contributed by atoms with E-state index < -0.39 is 0 Å². The molecule has 148 valence electrons. The molecule has 0 bridgehead atoms. The summed E-state index contributed by atoms with van der Waals surface area (Å²) in [6.07, 6.45) is 2.11. The standard InChI is InChI=1S/C21H21N5O2S/c27-19(22-14-5-6-15-17(11-14)25-21(28)24-15)12-26-9-7-13(8-10-26)20-23-16-3-1-2-4-18(16)29-20/h1-6,11,13H,7-10,12H2,(H,22,27)(H2,24,25,28)/p+1. The van der Waals surface area contributed by atoms with Gasteiger partial charge in [-0.15, -0.1) is 11.3 Å². The molecule has 8 heteroatoms. The lowest BCUT2D eigenvalue weighted by molar-refractivity contribution is -0.897. The highest BCUT2D eigenvalue weighted by atomic mass is 32.1. The smallest absolute Gasteiger partial charge is 0.323 e. The number of rotatable bonds is 4. The molecule has 0 unspecified atom stereocenters. The van der Waals surface area contributed by atoms with Crippen molar-refractivity contribution in [1.82, 2.24) is 15.0 Å². The number of carbonyl (C=O) groups is 1. The van der Waals surface area contributed by atoms with Crippen molar-refractivity contribution in [2.24, 2.45) is 0 Å². The molecule has 3 heterocycles. The highest BCUT2D eigenvalue weighted by Crippen LogP contribution is 2.31. The summed E-state index contributed by atoms with van der Waals surface area (Å²) < 4.78 is 1.25. The highest BCUT2D eigenvalue weighted by molar-refractivity contribution is 7.18. The number of piperidine rings is 1. The van der Waals surface area contributed by atoms with Gasteiger partial charge in [-0.3, -0.25) is 4.79 Å². The normalized spacial score (nSPS) is 19.6. The van der Waals surface area contributed by atoms with Crippen LogP contribution in [0, 0.1) is 0 Å². The molecule has 2 aromatic carbocycles. The Balaban J connectivity index is 1.17. The van der Waals surface area contributed by atoms with Crippen LogP contribution in [0.25, 0.3) is 21.3 Å². The lowest BCUT2D eigenvalue weighted by atomic mass is 9.97. The van der Waals surface area contributed by atoms with E-state index >= 15 is 0 Å². The molecule has 0 radical (unpaired) electrons. The monoisotopic (exact) mass is 408 g/mol. The van der Waals surface area contributed by atoms with Crippen LogP contribution in [0.2, 0.25) is 0 Å². The van der Waals surface area contributed by atoms with Gasteiger partial charge in [-0.2, -0.15) is 0 Å². The number of hydrogen-bond donors (Lipinski definition) is 4. The molecule has 7 nitrogen and oxygen atoms in total. The molecule has 1 aliphatic heterocycles. The van der Waals surface area contributed by atoms with Gasteiger partial charge in [-0.1, -0.05) is 12.1 Å². The Hall–Kier alpha value is -2.97. The Kier molecular flexibility index (Phi) is 4.65. The molecule has 0 aliphatic carbocycles. The summed E-state index contributed by atoms with van der Waals surface area (Å²) >= 11 is 1.80. The molecule has 0 spiro atoms. The van der Waals surface area contributed by atoms with Gasteiger partial charge in [0.15, 0.2) is 6.54 Å². The molecule has 0 saturated carbocycles. The number of carbonyl (C=O) groups excluding carboxylic acids is 1. The zero-order valence-corrected chi connectivity index (χ0v) is 16.6. The number of anilines is 1. The number of aromatic nitrogens is 3. The lowest BCUT2D eigenvalue weighted by Gasteiger charge is -2.27. The number of hydrogen-bond acceptors (Lipinski definition) is 4. The molecule has 5 rings (SSSR count). The average molecular weight is 409 g/mol. The zero-order chi connectivity index (χ0) is 19.8. The summed E-state index contributed by atoms with van der Waals surface area (Å²) in [6.45, 7) is 2.39. The maximum absolute atomic E-state index is 12.5. The van der Waals surface area contributed by atoms with E-state index in [1.165, 1.54) is 14.6 Å². The Bertz CT molecular complexity index is 1200. The van der Waals surface area contributed by atoms with Crippen LogP contribution in [-0.4, -0.2) is 40.5 Å². The number of quaternary nitrogens is 1. The first-order valence-electron chi connectivity index (χ1n) is 9.85. The quantitative estimate of drug-likeness (QED) is 0.415. The summed E-state index contributed by atoms with van der Waals surface area (Å²) in [7, 11) is 0. The molecule has 0 atom stereocenters. The van der Waals surface area contributed by atoms with Crippen molar-refractivity contribution >= 4 is 44.2 Å². The SMILES string of the molecule is O=C(C[NH+]1CCC(c2nc3ccccc3s2)CC1)Nc1ccc2[nH]c(=O)[nH]c2c1. The van der Waals surface area contributed by atoms with Crippen LogP contribution in [0.15, 0.2) is 47.3 Å². The minimum Gasteiger partial charge on any atom is -0.327 e. The van der Waals surface area contributed by atoms with Gasteiger partial charge in [0, 0.05) is 24.4 Å². The van der Waals surface area contributed by atoms with Crippen molar-refractivity contribution in [3.8, 4) is 0 Å². The maximum Gasteiger partial charge on any atom is 0.323 e. The van der Waals surface area contributed by atoms with Crippen LogP contribution < -0.4 is 15.9 Å². The summed E-state index contributed by atoms with van der Waals surface area (Å²) in [5.41, 5.74) is 2.96. The predicted octanol–water partition coefficient (Wildman–Crippen LogP) is 1.87. The molecule has 4 N–H and O–H groups in total. The molecule has 29 heavy (non-hydrogen) atoms. The van der Waals surface area contributed by atoms with Crippen LogP contribution in [0.5, 0.6) is 0 Å². The number of nitrogens with one attached hydrogen (secondary N) is 4. The Morgan fingerprint density at radius 2 is 1.93 bits per heavy atom. The van der Waals surface area contributed by atoms with E-state index in [1.54, 1.807) is 29.5 Å². The molecule has 1 aliphatic rings. The molecule has 4 aromatic rings. The molecule has 1 amide bonds. The van der Waals surface area contributed by atoms with Gasteiger partial charge in [0.25, 0.3) is 5.91 Å². The minimum atomic E-state index is -0.246. The summed E-state index contributed by atoms with van der Waals surface area (Å²) in [5, 5.41) is 4.17. The Labute approximate surface area is 170 Å². The first-order valence-corrected chi connectivity index (χ1v) is 10.7. The number of imidazole rings is 1. The fourth-order valence-electron chi connectivity index (χ4n) is 4.06. The molecular formula is C21H22N5O2S+. The second kappa shape index (κ2) is 7.46. The Morgan fingerprint density at radius 3 is 2.76 bits per heavy atom. The average Bonchev–Trinajstić information content (AvgIpc) is 3.30. The third kappa shape index (κ3) is 3.81. The van der Waals surface area contributed by atoms with Crippen LogP contribution in [0.3, 0.4) is 0 Å². The molecule has 1 saturated heterocycles. The number of fused-ring (bicyclic) bond motifs is 2. The van der Waals surface area contributed by atoms with Gasteiger partial charge >= 0.3 is 5.69 Å². The third-order valence-corrected chi connectivity index (χ3v) is 6.76. The Morgan fingerprint density at radius 1 is 1.14 bits per heavy atom. The second-order valence-corrected chi connectivity index (χ2v) is 8.67. The van der Waals surface area contributed by atoms with Crippen molar-refractivity contribution in [1.29, 1.82) is 0 Å². The molecular weight excluding hydrogens is 386 g/mol. The number of para-hydroxylation sites is 1. The van der Waals surface area contributed by atoms with Gasteiger partial charge in [-0.25, -0.2) is 9.78 Å². The summed E-state index contributed by atoms with van der Waals surface area (Å²) in [5.74, 6) is 0.489. The topological polar surface area (TPSA) is 95.1 Å². The number of benzene rings is 2. The lowest BCUT2D eigenvalue weighted by Crippen LogP contribution is -3.14. The second-order valence-electron chi connectivity index (χ2n) is 7.61. The van der Waals surface area contributed by atoms with Crippen LogP contribution in [0.4, 0.5) is 5.69 Å². The van der Waals surface area contributed by atoms with E-state index in [-0.39, 0.29) is 11.6 Å². The predicted molar refractivity (Wildman–Crippen MR) is 115 cm³/mol. The van der Waals surface area contributed by atoms with Crippen molar-refractivity contribution in [3.05, 3.63) is 58.0 Å². The van der Waals surface area contributed by atoms with Crippen molar-refractivity contribution < 1.29 is 9.69 Å². The van der Waals surface area contributed by atoms with E-state index in [0.717, 1.165) is 37.0 Å². The first-order chi connectivity index (χ1) is 14.1. The van der Waals surface area contributed by atoms with Crippen LogP contribution in [-0.2, 0) is 4.79 Å². The van der Waals surface area contributed by atoms with Gasteiger partial charge in [-0.05, 0) is 30.3 Å². The van der Waals surface area contributed by atoms with Crippen molar-refractivity contribution in [3.63, 3.8) is 0 Å². The maximum atomic E-state index is 12.5. The van der Waals surface area contributed by atoms with Gasteiger partial charge < -0.3 is 20.2 Å². The van der Waals surface area contributed by atoms with E-state index in [2.05, 4.69) is 33.5 Å². The number of amides is 1. The molecule has 2 aromatic heterocycles. The number of aromatic amines is 2. The number of H-pyrrole nitrogens is 2. The minimum absolute atomic E-state index is 0.00401. The third-order valence-electron chi connectivity index (χ3n) is 5.56. The van der Waals surface area contributed by atoms with E-state index in [0.29, 0.717) is 23.7 Å². The fourth-order valence-corrected chi connectivity index (χ4v) is 5.19. The fraction of sp³-hybridized carbons (Fsp3) is 0.286. The largest absolute Gasteiger partial charge is 0.327 e. The van der Waals surface area contributed by atoms with E-state index in [1.807, 2.05) is 6.07 Å². The number of likely N-dealkylation sites (tertiary alicyclic amines) is 1. The summed E-state index contributed by atoms with van der Waals surface area (Å²) in [6, 6.07) is 13.7. The highest BCUT2D eigenvalue weighted by Gasteiger charge is 2.27. The number of nitrogens with zero attached hydrogens (tertiary/aromatic N) is 1. The van der Waals surface area contributed by atoms with Gasteiger partial charge in [0.2, 0.25) is 0 Å². The van der Waals surface area contributed by atoms with Crippen molar-refractivity contribution in [2.75, 3.05) is 25.0 Å². The van der Waals surface area contributed by atoms with Gasteiger partial charge in [0.1, 0.15) is 0 Å². The van der Waals surface area contributed by atoms with Gasteiger partial charge in [0.05, 0.1) is 39.3 Å². The van der Waals surface area contributed by atoms with Crippen molar-refractivity contribution in [2.45, 2.75) is 18.8 Å². The van der Waals surface area contributed by atoms with Crippen LogP contribution >= 0.6 is 11.3 Å². The first kappa shape index (κ1) is 18.1. The van der Waals surface area contributed by atoms with E-state index in [4.69, 9.17) is 4.98 Å². The summed E-state index contributed by atoms with van der Waals surface area (Å²) in [4.78, 5) is 35.3. The number of thiazole rings is 1.